The van der Waals surface area contributed by atoms with Gasteiger partial charge in [0.1, 0.15) is 0 Å². The summed E-state index contributed by atoms with van der Waals surface area (Å²) in [6.45, 7) is 6.69. The summed E-state index contributed by atoms with van der Waals surface area (Å²) in [5.74, 6) is 2.24. The third-order valence-corrected chi connectivity index (χ3v) is 3.43. The molecule has 0 saturated carbocycles. The maximum Gasteiger partial charge on any atom is 0.241 e. The zero-order chi connectivity index (χ0) is 18.0. The quantitative estimate of drug-likeness (QED) is 0.883. The van der Waals surface area contributed by atoms with Crippen LogP contribution in [-0.4, -0.2) is 46.9 Å². The van der Waals surface area contributed by atoms with Gasteiger partial charge < -0.3 is 19.3 Å². The Kier molecular flexibility index (Phi) is 4.63. The highest BCUT2D eigenvalue weighted by Gasteiger charge is 2.19. The smallest absolute Gasteiger partial charge is 0.241 e. The first kappa shape index (κ1) is 17.2. The Bertz CT molecular complexity index is 766. The summed E-state index contributed by atoms with van der Waals surface area (Å²) in [5.41, 5.74) is 0.530. The molecule has 8 heteroatoms. The van der Waals surface area contributed by atoms with Crippen molar-refractivity contribution in [3.63, 3.8) is 0 Å². The summed E-state index contributed by atoms with van der Waals surface area (Å²) < 4.78 is 15.9. The Hall–Kier alpha value is -2.61. The van der Waals surface area contributed by atoms with E-state index in [-0.39, 0.29) is 24.8 Å². The largest absolute Gasteiger partial charge is 0.454 e. The lowest BCUT2D eigenvalue weighted by Gasteiger charge is -2.22. The van der Waals surface area contributed by atoms with Crippen molar-refractivity contribution in [1.82, 2.24) is 20.4 Å². The fraction of sp³-hybridized carbons (Fsp3) is 0.471. The van der Waals surface area contributed by atoms with E-state index < -0.39 is 0 Å². The number of benzene rings is 1. The minimum Gasteiger partial charge on any atom is -0.454 e. The number of hydrogen-bond donors (Lipinski definition) is 1. The van der Waals surface area contributed by atoms with Crippen LogP contribution in [0, 0.1) is 0 Å². The molecular formula is C17H22N4O4. The van der Waals surface area contributed by atoms with E-state index in [0.29, 0.717) is 29.8 Å². The van der Waals surface area contributed by atoms with Crippen LogP contribution in [0.15, 0.2) is 22.7 Å². The van der Waals surface area contributed by atoms with Crippen molar-refractivity contribution in [2.24, 2.45) is 0 Å². The van der Waals surface area contributed by atoms with Crippen molar-refractivity contribution >= 4 is 5.91 Å². The monoisotopic (exact) mass is 346 g/mol. The highest BCUT2D eigenvalue weighted by Crippen LogP contribution is 2.35. The SMILES string of the molecule is CN(CC(=O)NC(C)(C)C)Cc1nc(-c2ccc3c(c2)OCO3)no1. The Morgan fingerprint density at radius 3 is 2.80 bits per heavy atom. The van der Waals surface area contributed by atoms with Gasteiger partial charge in [-0.2, -0.15) is 4.98 Å². The minimum absolute atomic E-state index is 0.0505. The number of amides is 1. The third kappa shape index (κ3) is 4.48. The predicted octanol–water partition coefficient (Wildman–Crippen LogP) is 1.81. The fourth-order valence-electron chi connectivity index (χ4n) is 2.46. The lowest BCUT2D eigenvalue weighted by molar-refractivity contribution is -0.123. The zero-order valence-corrected chi connectivity index (χ0v) is 14.8. The molecule has 134 valence electrons. The number of carbonyl (C=O) groups excluding carboxylic acids is 1. The van der Waals surface area contributed by atoms with Crippen molar-refractivity contribution in [1.29, 1.82) is 0 Å². The Balaban J connectivity index is 1.61. The van der Waals surface area contributed by atoms with Crippen molar-refractivity contribution < 1.29 is 18.8 Å². The summed E-state index contributed by atoms with van der Waals surface area (Å²) in [6, 6.07) is 5.48. The van der Waals surface area contributed by atoms with Gasteiger partial charge in [0.15, 0.2) is 11.5 Å². The van der Waals surface area contributed by atoms with Crippen molar-refractivity contribution in [3.8, 4) is 22.9 Å². The van der Waals surface area contributed by atoms with E-state index in [1.54, 1.807) is 0 Å². The topological polar surface area (TPSA) is 89.7 Å². The molecule has 0 fully saturated rings. The minimum atomic E-state index is -0.255. The van der Waals surface area contributed by atoms with E-state index in [1.807, 2.05) is 50.9 Å². The lowest BCUT2D eigenvalue weighted by atomic mass is 10.1. The summed E-state index contributed by atoms with van der Waals surface area (Å²) in [5, 5.41) is 6.91. The number of ether oxygens (including phenoxy) is 2. The van der Waals surface area contributed by atoms with Crippen LogP contribution in [0.25, 0.3) is 11.4 Å². The van der Waals surface area contributed by atoms with E-state index in [4.69, 9.17) is 14.0 Å². The van der Waals surface area contributed by atoms with Gasteiger partial charge in [-0.1, -0.05) is 5.16 Å². The Labute approximate surface area is 146 Å². The molecule has 0 unspecified atom stereocenters. The molecule has 1 aliphatic heterocycles. The van der Waals surface area contributed by atoms with E-state index in [0.717, 1.165) is 5.56 Å². The predicted molar refractivity (Wildman–Crippen MR) is 90.1 cm³/mol. The molecule has 8 nitrogen and oxygen atoms in total. The van der Waals surface area contributed by atoms with Gasteiger partial charge in [-0.3, -0.25) is 9.69 Å². The van der Waals surface area contributed by atoms with Gasteiger partial charge in [0, 0.05) is 11.1 Å². The lowest BCUT2D eigenvalue weighted by Crippen LogP contribution is -2.45. The van der Waals surface area contributed by atoms with E-state index in [1.165, 1.54) is 0 Å². The first-order chi connectivity index (χ1) is 11.8. The van der Waals surface area contributed by atoms with Gasteiger partial charge in [-0.15, -0.1) is 0 Å². The highest BCUT2D eigenvalue weighted by atomic mass is 16.7. The molecule has 1 aromatic heterocycles. The number of aromatic nitrogens is 2. The maximum atomic E-state index is 11.9. The van der Waals surface area contributed by atoms with Crippen LogP contribution in [0.4, 0.5) is 0 Å². The number of likely N-dealkylation sites (N-methyl/N-ethyl adjacent to an activating group) is 1. The molecular weight excluding hydrogens is 324 g/mol. The molecule has 1 N–H and O–H groups in total. The summed E-state index contributed by atoms with van der Waals surface area (Å²) in [6.07, 6.45) is 0. The Morgan fingerprint density at radius 1 is 1.28 bits per heavy atom. The van der Waals surface area contributed by atoms with Crippen molar-refractivity contribution in [2.45, 2.75) is 32.9 Å². The van der Waals surface area contributed by atoms with Gasteiger partial charge >= 0.3 is 0 Å². The van der Waals surface area contributed by atoms with E-state index in [9.17, 15) is 4.79 Å². The second-order valence-electron chi connectivity index (χ2n) is 7.05. The number of hydrogen-bond acceptors (Lipinski definition) is 7. The van der Waals surface area contributed by atoms with Crippen molar-refractivity contribution in [2.75, 3.05) is 20.4 Å². The number of rotatable bonds is 5. The van der Waals surface area contributed by atoms with E-state index >= 15 is 0 Å². The molecule has 2 aromatic rings. The van der Waals surface area contributed by atoms with Crippen LogP contribution in [-0.2, 0) is 11.3 Å². The molecule has 0 saturated heterocycles. The molecule has 0 aliphatic carbocycles. The molecule has 1 aromatic carbocycles. The van der Waals surface area contributed by atoms with Crippen LogP contribution in [0.5, 0.6) is 11.5 Å². The summed E-state index contributed by atoms with van der Waals surface area (Å²) in [7, 11) is 1.83. The molecule has 2 heterocycles. The van der Waals surface area contributed by atoms with Crippen LogP contribution in [0.2, 0.25) is 0 Å². The van der Waals surface area contributed by atoms with Gasteiger partial charge in [-0.05, 0) is 46.0 Å². The van der Waals surface area contributed by atoms with Crippen LogP contribution >= 0.6 is 0 Å². The van der Waals surface area contributed by atoms with Gasteiger partial charge in [-0.25, -0.2) is 0 Å². The molecule has 0 bridgehead atoms. The molecule has 0 radical (unpaired) electrons. The van der Waals surface area contributed by atoms with E-state index in [2.05, 4.69) is 15.5 Å². The highest BCUT2D eigenvalue weighted by molar-refractivity contribution is 5.78. The van der Waals surface area contributed by atoms with Gasteiger partial charge in [0.05, 0.1) is 13.1 Å². The van der Waals surface area contributed by atoms with Gasteiger partial charge in [0.25, 0.3) is 0 Å². The number of nitrogens with zero attached hydrogens (tertiary/aromatic N) is 3. The first-order valence-electron chi connectivity index (χ1n) is 8.02. The molecule has 1 amide bonds. The molecule has 1 aliphatic rings. The average Bonchev–Trinajstić information content (AvgIpc) is 3.12. The van der Waals surface area contributed by atoms with Crippen LogP contribution < -0.4 is 14.8 Å². The standard InChI is InChI=1S/C17H22N4O4/c1-17(2,3)19-14(22)8-21(4)9-15-18-16(20-25-15)11-5-6-12-13(7-11)24-10-23-12/h5-7H,8-10H2,1-4H3,(H,19,22). The second-order valence-corrected chi connectivity index (χ2v) is 7.05. The third-order valence-electron chi connectivity index (χ3n) is 3.43. The molecule has 0 spiro atoms. The fourth-order valence-corrected chi connectivity index (χ4v) is 2.46. The van der Waals surface area contributed by atoms with Crippen LogP contribution in [0.3, 0.4) is 0 Å². The van der Waals surface area contributed by atoms with Gasteiger partial charge in [0.2, 0.25) is 24.4 Å². The summed E-state index contributed by atoms with van der Waals surface area (Å²) >= 11 is 0. The number of carbonyl (C=O) groups is 1. The summed E-state index contributed by atoms with van der Waals surface area (Å²) in [4.78, 5) is 18.1. The average molecular weight is 346 g/mol. The first-order valence-corrected chi connectivity index (χ1v) is 8.02. The molecule has 25 heavy (non-hydrogen) atoms. The van der Waals surface area contributed by atoms with Crippen LogP contribution in [0.1, 0.15) is 26.7 Å². The normalized spacial score (nSPS) is 13.3. The number of nitrogens with one attached hydrogen (secondary N) is 1. The second kappa shape index (κ2) is 6.72. The zero-order valence-electron chi connectivity index (χ0n) is 14.8. The maximum absolute atomic E-state index is 11.9. The molecule has 3 rings (SSSR count). The van der Waals surface area contributed by atoms with Crippen molar-refractivity contribution in [3.05, 3.63) is 24.1 Å². The number of fused-ring (bicyclic) bond motifs is 1. The Morgan fingerprint density at radius 2 is 2.04 bits per heavy atom. The molecule has 0 atom stereocenters.